The van der Waals surface area contributed by atoms with E-state index in [1.807, 2.05) is 44.2 Å². The Morgan fingerprint density at radius 1 is 1.10 bits per heavy atom. The fourth-order valence-corrected chi connectivity index (χ4v) is 7.59. The van der Waals surface area contributed by atoms with Gasteiger partial charge in [-0.15, -0.1) is 0 Å². The number of Topliss-reactive ketones (excluding diaryl/α,β-unsaturated/α-hetero) is 1. The summed E-state index contributed by atoms with van der Waals surface area (Å²) in [6, 6.07) is 9.99. The molecule has 5 rings (SSSR count). The zero-order valence-corrected chi connectivity index (χ0v) is 24.3. The molecule has 10 heteroatoms. The molecule has 3 fully saturated rings. The molecule has 1 aliphatic heterocycles. The first kappa shape index (κ1) is 29.5. The van der Waals surface area contributed by atoms with Crippen molar-refractivity contribution in [1.29, 1.82) is 0 Å². The van der Waals surface area contributed by atoms with Crippen LogP contribution in [0.15, 0.2) is 53.3 Å². The number of rotatable bonds is 7. The molecule has 224 valence electrons. The van der Waals surface area contributed by atoms with Crippen molar-refractivity contribution >= 4 is 29.6 Å². The number of benzene rings is 1. The number of furan rings is 1. The second kappa shape index (κ2) is 11.4. The van der Waals surface area contributed by atoms with Gasteiger partial charge in [0, 0.05) is 30.7 Å². The third-order valence-corrected chi connectivity index (χ3v) is 9.58. The number of esters is 3. The van der Waals surface area contributed by atoms with Gasteiger partial charge in [0.1, 0.15) is 18.8 Å². The number of ether oxygens (including phenoxy) is 3. The summed E-state index contributed by atoms with van der Waals surface area (Å²) in [6.45, 7) is 6.64. The molecule has 0 spiro atoms. The van der Waals surface area contributed by atoms with Gasteiger partial charge < -0.3 is 23.9 Å². The quantitative estimate of drug-likeness (QED) is 0.380. The van der Waals surface area contributed by atoms with Gasteiger partial charge in [-0.1, -0.05) is 44.2 Å². The summed E-state index contributed by atoms with van der Waals surface area (Å²) in [5.74, 6) is -4.44. The number of carbonyl (C=O) groups excluding carboxylic acids is 5. The minimum absolute atomic E-state index is 0.0145. The Hall–Kier alpha value is -3.95. The van der Waals surface area contributed by atoms with E-state index in [0.717, 1.165) is 5.56 Å². The standard InChI is InChI=1S/C32H37NO9/c1-18(29(37)40-16-20-8-6-5-7-9-20)33-28(36)23-14-24(41-19(2)34)26(35)27-31(23,3)12-10-22-30(38)42-25(15-32(22,27)4)21-11-13-39-17-21/h5-9,11,13,17-18,22-25,27H,10,12,14-16H2,1-4H3,(H,33,36)/t18?,22-,23+,24+,25-,27+,31+,32+/m1/s1. The number of hydrogen-bond acceptors (Lipinski definition) is 9. The summed E-state index contributed by atoms with van der Waals surface area (Å²) in [5.41, 5.74) is -0.236. The summed E-state index contributed by atoms with van der Waals surface area (Å²) in [4.78, 5) is 66.1. The zero-order valence-electron chi connectivity index (χ0n) is 24.3. The Morgan fingerprint density at radius 3 is 2.50 bits per heavy atom. The third kappa shape index (κ3) is 5.34. The summed E-state index contributed by atoms with van der Waals surface area (Å²) < 4.78 is 21.9. The van der Waals surface area contributed by atoms with E-state index in [1.165, 1.54) is 19.5 Å². The molecule has 1 saturated heterocycles. The topological polar surface area (TPSA) is 138 Å². The van der Waals surface area contributed by atoms with Crippen LogP contribution in [0.25, 0.3) is 0 Å². The van der Waals surface area contributed by atoms with E-state index in [2.05, 4.69) is 5.32 Å². The molecule has 1 amide bonds. The van der Waals surface area contributed by atoms with E-state index in [9.17, 15) is 24.0 Å². The van der Waals surface area contributed by atoms with E-state index in [-0.39, 0.29) is 18.8 Å². The predicted octanol–water partition coefficient (Wildman–Crippen LogP) is 4.08. The molecule has 0 radical (unpaired) electrons. The van der Waals surface area contributed by atoms with Gasteiger partial charge in [0.15, 0.2) is 11.9 Å². The van der Waals surface area contributed by atoms with Gasteiger partial charge in [0.25, 0.3) is 0 Å². The molecule has 1 unspecified atom stereocenters. The average Bonchev–Trinajstić information content (AvgIpc) is 3.48. The van der Waals surface area contributed by atoms with E-state index >= 15 is 0 Å². The molecular weight excluding hydrogens is 542 g/mol. The number of cyclic esters (lactones) is 1. The van der Waals surface area contributed by atoms with Crippen LogP contribution >= 0.6 is 0 Å². The largest absolute Gasteiger partial charge is 0.472 e. The molecule has 10 nitrogen and oxygen atoms in total. The van der Waals surface area contributed by atoms with Crippen LogP contribution in [0.2, 0.25) is 0 Å². The first-order chi connectivity index (χ1) is 19.9. The van der Waals surface area contributed by atoms with Crippen LogP contribution in [0.5, 0.6) is 0 Å². The molecule has 2 heterocycles. The molecule has 2 aromatic rings. The third-order valence-electron chi connectivity index (χ3n) is 9.58. The Labute approximate surface area is 244 Å². The molecule has 42 heavy (non-hydrogen) atoms. The van der Waals surface area contributed by atoms with Crippen molar-refractivity contribution in [2.45, 2.75) is 78.2 Å². The summed E-state index contributed by atoms with van der Waals surface area (Å²) in [6.07, 6.45) is 2.42. The molecular formula is C32H37NO9. The van der Waals surface area contributed by atoms with Crippen LogP contribution in [-0.2, 0) is 44.8 Å². The maximum Gasteiger partial charge on any atom is 0.328 e. The van der Waals surface area contributed by atoms with Gasteiger partial charge in [-0.05, 0) is 48.6 Å². The molecule has 0 bridgehead atoms. The monoisotopic (exact) mass is 579 g/mol. The lowest BCUT2D eigenvalue weighted by molar-refractivity contribution is -0.208. The van der Waals surface area contributed by atoms with Crippen LogP contribution in [0.3, 0.4) is 0 Å². The van der Waals surface area contributed by atoms with Crippen molar-refractivity contribution in [3.8, 4) is 0 Å². The lowest BCUT2D eigenvalue weighted by Gasteiger charge is -2.61. The molecule has 1 N–H and O–H groups in total. The second-order valence-electron chi connectivity index (χ2n) is 12.3. The van der Waals surface area contributed by atoms with E-state index in [0.29, 0.717) is 24.8 Å². The van der Waals surface area contributed by atoms with Crippen LogP contribution in [0, 0.1) is 28.6 Å². The second-order valence-corrected chi connectivity index (χ2v) is 12.3. The maximum atomic E-state index is 14.1. The van der Waals surface area contributed by atoms with Crippen LogP contribution < -0.4 is 5.32 Å². The van der Waals surface area contributed by atoms with Crippen molar-refractivity contribution in [2.75, 3.05) is 0 Å². The lowest BCUT2D eigenvalue weighted by atomic mass is 9.43. The molecule has 2 aliphatic carbocycles. The number of nitrogens with one attached hydrogen (secondary N) is 1. The van der Waals surface area contributed by atoms with Gasteiger partial charge >= 0.3 is 17.9 Å². The number of hydrogen-bond donors (Lipinski definition) is 1. The summed E-state index contributed by atoms with van der Waals surface area (Å²) >= 11 is 0. The Kier molecular flexibility index (Phi) is 8.00. The lowest BCUT2D eigenvalue weighted by Crippen LogP contribution is -2.65. The first-order valence-corrected chi connectivity index (χ1v) is 14.4. The maximum absolute atomic E-state index is 14.1. The summed E-state index contributed by atoms with van der Waals surface area (Å²) in [5, 5.41) is 2.79. The number of fused-ring (bicyclic) bond motifs is 3. The highest BCUT2D eigenvalue weighted by atomic mass is 16.6. The molecule has 1 aromatic heterocycles. The Bertz CT molecular complexity index is 1360. The summed E-state index contributed by atoms with van der Waals surface area (Å²) in [7, 11) is 0. The number of ketones is 1. The molecule has 3 aliphatic rings. The zero-order chi connectivity index (χ0) is 30.2. The van der Waals surface area contributed by atoms with Crippen molar-refractivity contribution in [1.82, 2.24) is 5.32 Å². The van der Waals surface area contributed by atoms with Crippen LogP contribution in [-0.4, -0.2) is 41.7 Å². The van der Waals surface area contributed by atoms with Crippen LogP contribution in [0.1, 0.15) is 70.6 Å². The van der Waals surface area contributed by atoms with E-state index in [1.54, 1.807) is 13.0 Å². The minimum Gasteiger partial charge on any atom is -0.472 e. The Balaban J connectivity index is 1.41. The molecule has 2 saturated carbocycles. The highest BCUT2D eigenvalue weighted by Crippen LogP contribution is 2.65. The Morgan fingerprint density at radius 2 is 1.83 bits per heavy atom. The highest BCUT2D eigenvalue weighted by Gasteiger charge is 2.67. The van der Waals surface area contributed by atoms with Crippen molar-refractivity contribution in [3.05, 3.63) is 60.1 Å². The van der Waals surface area contributed by atoms with Crippen molar-refractivity contribution < 1.29 is 42.6 Å². The van der Waals surface area contributed by atoms with Gasteiger partial charge in [0.2, 0.25) is 5.91 Å². The average molecular weight is 580 g/mol. The fraction of sp³-hybridized carbons (Fsp3) is 0.531. The number of amides is 1. The van der Waals surface area contributed by atoms with Crippen molar-refractivity contribution in [3.63, 3.8) is 0 Å². The van der Waals surface area contributed by atoms with Gasteiger partial charge in [-0.3, -0.25) is 19.2 Å². The van der Waals surface area contributed by atoms with E-state index < -0.39 is 70.6 Å². The van der Waals surface area contributed by atoms with Gasteiger partial charge in [-0.25, -0.2) is 4.79 Å². The minimum atomic E-state index is -1.16. The smallest absolute Gasteiger partial charge is 0.328 e. The van der Waals surface area contributed by atoms with Gasteiger partial charge in [-0.2, -0.15) is 0 Å². The predicted molar refractivity (Wildman–Crippen MR) is 147 cm³/mol. The normalized spacial score (nSPS) is 32.9. The first-order valence-electron chi connectivity index (χ1n) is 14.4. The highest BCUT2D eigenvalue weighted by molar-refractivity contribution is 5.94. The molecule has 8 atom stereocenters. The molecule has 1 aromatic carbocycles. The number of carbonyl (C=O) groups is 5. The fourth-order valence-electron chi connectivity index (χ4n) is 7.59. The van der Waals surface area contributed by atoms with E-state index in [4.69, 9.17) is 18.6 Å². The van der Waals surface area contributed by atoms with Gasteiger partial charge in [0.05, 0.1) is 18.4 Å². The van der Waals surface area contributed by atoms with Crippen molar-refractivity contribution in [2.24, 2.45) is 28.6 Å². The van der Waals surface area contributed by atoms with Crippen LogP contribution in [0.4, 0.5) is 0 Å². The SMILES string of the molecule is CC(=O)O[C@H]1C[C@@H](C(=O)NC(C)C(=O)OCc2ccccc2)[C@]2(C)CC[C@@H]3C(=O)O[C@@H](c4ccoc4)C[C@]3(C)[C@H]2C1=O.